The van der Waals surface area contributed by atoms with E-state index in [0.29, 0.717) is 5.92 Å². The summed E-state index contributed by atoms with van der Waals surface area (Å²) in [5, 5.41) is 4.19. The number of pyridine rings is 1. The van der Waals surface area contributed by atoms with Crippen LogP contribution in [0.25, 0.3) is 0 Å². The molecular weight excluding hydrogens is 302 g/mol. The first-order chi connectivity index (χ1) is 11.6. The van der Waals surface area contributed by atoms with E-state index < -0.39 is 0 Å². The van der Waals surface area contributed by atoms with Gasteiger partial charge in [0.15, 0.2) is 0 Å². The fraction of sp³-hybridized carbons (Fsp3) is 0.500. The molecule has 0 aromatic carbocycles. The molecule has 0 radical (unpaired) electrons. The molecule has 2 aromatic rings. The van der Waals surface area contributed by atoms with Gasteiger partial charge in [-0.3, -0.25) is 19.4 Å². The zero-order valence-electron chi connectivity index (χ0n) is 14.2. The lowest BCUT2D eigenvalue weighted by Crippen LogP contribution is -2.45. The summed E-state index contributed by atoms with van der Waals surface area (Å²) in [5.41, 5.74) is 3.05. The second-order valence-electron chi connectivity index (χ2n) is 6.98. The Hall–Kier alpha value is -2.21. The van der Waals surface area contributed by atoms with Gasteiger partial charge in [-0.05, 0) is 31.4 Å². The van der Waals surface area contributed by atoms with Crippen LogP contribution in [-0.2, 0) is 18.4 Å². The minimum Gasteiger partial charge on any atom is -0.309 e. The van der Waals surface area contributed by atoms with Crippen molar-refractivity contribution in [3.63, 3.8) is 0 Å². The smallest absolute Gasteiger partial charge is 0.231 e. The summed E-state index contributed by atoms with van der Waals surface area (Å²) in [6.45, 7) is 5.46. The number of aryl methyl sites for hydroxylation is 2. The molecule has 2 fully saturated rings. The predicted octanol–water partition coefficient (Wildman–Crippen LogP) is 1.61. The largest absolute Gasteiger partial charge is 0.309 e. The number of carbonyl (C=O) groups is 1. The summed E-state index contributed by atoms with van der Waals surface area (Å²) in [6.07, 6.45) is 4.76. The highest BCUT2D eigenvalue weighted by atomic mass is 16.2. The Kier molecular flexibility index (Phi) is 3.84. The lowest BCUT2D eigenvalue weighted by Gasteiger charge is -2.32. The van der Waals surface area contributed by atoms with Gasteiger partial charge in [0.2, 0.25) is 5.91 Å². The van der Waals surface area contributed by atoms with Gasteiger partial charge in [-0.25, -0.2) is 0 Å². The molecule has 0 unspecified atom stereocenters. The maximum absolute atomic E-state index is 12.9. The highest BCUT2D eigenvalue weighted by Crippen LogP contribution is 2.34. The molecule has 126 valence electrons. The molecule has 2 aliphatic rings. The molecule has 6 heteroatoms. The summed E-state index contributed by atoms with van der Waals surface area (Å²) in [7, 11) is 1.88. The Morgan fingerprint density at radius 2 is 2.17 bits per heavy atom. The van der Waals surface area contributed by atoms with Crippen molar-refractivity contribution in [2.75, 3.05) is 24.5 Å². The van der Waals surface area contributed by atoms with Gasteiger partial charge in [-0.2, -0.15) is 5.10 Å². The first-order valence-electron chi connectivity index (χ1n) is 8.55. The number of nitrogens with zero attached hydrogens (tertiary/aromatic N) is 5. The number of anilines is 1. The third kappa shape index (κ3) is 2.82. The fourth-order valence-corrected chi connectivity index (χ4v) is 3.99. The monoisotopic (exact) mass is 325 g/mol. The van der Waals surface area contributed by atoms with E-state index >= 15 is 0 Å². The quantitative estimate of drug-likeness (QED) is 0.860. The third-order valence-corrected chi connectivity index (χ3v) is 5.16. The van der Waals surface area contributed by atoms with E-state index in [1.165, 1.54) is 0 Å². The number of amides is 1. The number of rotatable bonds is 3. The SMILES string of the molecule is Cc1cccc(CN2C[C@@H]3CCN(c4cnn(C)c4)C(=O)[C@@H]3C2)n1. The summed E-state index contributed by atoms with van der Waals surface area (Å²) in [6, 6.07) is 6.14. The number of fused-ring (bicyclic) bond motifs is 1. The van der Waals surface area contributed by atoms with Crippen LogP contribution in [0.4, 0.5) is 5.69 Å². The summed E-state index contributed by atoms with van der Waals surface area (Å²) < 4.78 is 1.75. The van der Waals surface area contributed by atoms with Crippen LogP contribution in [-0.4, -0.2) is 45.2 Å². The van der Waals surface area contributed by atoms with Crippen LogP contribution < -0.4 is 4.90 Å². The number of likely N-dealkylation sites (tertiary alicyclic amines) is 1. The first-order valence-corrected chi connectivity index (χ1v) is 8.55. The molecule has 0 aliphatic carbocycles. The predicted molar refractivity (Wildman–Crippen MR) is 91.4 cm³/mol. The zero-order valence-corrected chi connectivity index (χ0v) is 14.2. The van der Waals surface area contributed by atoms with Gasteiger partial charge in [-0.1, -0.05) is 6.07 Å². The molecule has 24 heavy (non-hydrogen) atoms. The molecule has 6 nitrogen and oxygen atoms in total. The maximum atomic E-state index is 12.9. The van der Waals surface area contributed by atoms with E-state index in [4.69, 9.17) is 0 Å². The summed E-state index contributed by atoms with van der Waals surface area (Å²) in [4.78, 5) is 21.8. The normalized spacial score (nSPS) is 24.4. The second kappa shape index (κ2) is 6.02. The zero-order chi connectivity index (χ0) is 16.7. The van der Waals surface area contributed by atoms with Gasteiger partial charge in [0, 0.05) is 45.1 Å². The molecular formula is C18H23N5O. The van der Waals surface area contributed by atoms with E-state index in [1.54, 1.807) is 10.9 Å². The van der Waals surface area contributed by atoms with Crippen LogP contribution in [0.1, 0.15) is 17.8 Å². The van der Waals surface area contributed by atoms with Crippen LogP contribution in [0.3, 0.4) is 0 Å². The molecule has 0 saturated carbocycles. The van der Waals surface area contributed by atoms with Crippen LogP contribution in [0, 0.1) is 18.8 Å². The van der Waals surface area contributed by atoms with Crippen LogP contribution in [0.15, 0.2) is 30.6 Å². The second-order valence-corrected chi connectivity index (χ2v) is 6.98. The van der Waals surface area contributed by atoms with Crippen molar-refractivity contribution in [2.45, 2.75) is 19.9 Å². The molecule has 0 N–H and O–H groups in total. The highest BCUT2D eigenvalue weighted by molar-refractivity contribution is 5.96. The molecule has 2 aromatic heterocycles. The molecule has 4 rings (SSSR count). The number of aromatic nitrogens is 3. The molecule has 0 spiro atoms. The summed E-state index contributed by atoms with van der Waals surface area (Å²) in [5.74, 6) is 0.818. The lowest BCUT2D eigenvalue weighted by molar-refractivity contribution is -0.124. The molecule has 2 atom stereocenters. The van der Waals surface area contributed by atoms with E-state index in [2.05, 4.69) is 27.1 Å². The molecule has 2 saturated heterocycles. The standard InChI is InChI=1S/C18H23N5O/c1-13-4-3-5-15(20-13)10-22-9-14-6-7-23(18(24)17(14)12-22)16-8-19-21(2)11-16/h3-5,8,11,14,17H,6-7,9-10,12H2,1-2H3/t14-,17+/m0/s1. The van der Waals surface area contributed by atoms with Crippen molar-refractivity contribution in [3.8, 4) is 0 Å². The van der Waals surface area contributed by atoms with Gasteiger partial charge in [0.1, 0.15) is 0 Å². The Morgan fingerprint density at radius 3 is 2.92 bits per heavy atom. The van der Waals surface area contributed by atoms with Gasteiger partial charge in [0.25, 0.3) is 0 Å². The average molecular weight is 325 g/mol. The molecule has 1 amide bonds. The molecule has 0 bridgehead atoms. The van der Waals surface area contributed by atoms with E-state index in [9.17, 15) is 4.79 Å². The van der Waals surface area contributed by atoms with Crippen molar-refractivity contribution in [2.24, 2.45) is 18.9 Å². The number of carbonyl (C=O) groups excluding carboxylic acids is 1. The minimum absolute atomic E-state index is 0.101. The van der Waals surface area contributed by atoms with Crippen molar-refractivity contribution in [3.05, 3.63) is 42.0 Å². The number of piperidine rings is 1. The van der Waals surface area contributed by atoms with Crippen molar-refractivity contribution < 1.29 is 4.79 Å². The Labute approximate surface area is 142 Å². The Morgan fingerprint density at radius 1 is 1.29 bits per heavy atom. The average Bonchev–Trinajstić information content (AvgIpc) is 3.14. The molecule has 4 heterocycles. The van der Waals surface area contributed by atoms with E-state index in [0.717, 1.165) is 49.7 Å². The van der Waals surface area contributed by atoms with Crippen LogP contribution >= 0.6 is 0 Å². The topological polar surface area (TPSA) is 54.3 Å². The van der Waals surface area contributed by atoms with Gasteiger partial charge in [-0.15, -0.1) is 0 Å². The van der Waals surface area contributed by atoms with Gasteiger partial charge < -0.3 is 4.90 Å². The third-order valence-electron chi connectivity index (χ3n) is 5.16. The van der Waals surface area contributed by atoms with Crippen LogP contribution in [0.5, 0.6) is 0 Å². The van der Waals surface area contributed by atoms with Gasteiger partial charge in [0.05, 0.1) is 23.5 Å². The van der Waals surface area contributed by atoms with Crippen molar-refractivity contribution in [1.29, 1.82) is 0 Å². The lowest BCUT2D eigenvalue weighted by atomic mass is 9.88. The van der Waals surface area contributed by atoms with E-state index in [1.807, 2.05) is 31.1 Å². The Bertz CT molecular complexity index is 755. The minimum atomic E-state index is 0.101. The Balaban J connectivity index is 1.46. The fourth-order valence-electron chi connectivity index (χ4n) is 3.99. The van der Waals surface area contributed by atoms with Crippen molar-refractivity contribution >= 4 is 11.6 Å². The van der Waals surface area contributed by atoms with E-state index in [-0.39, 0.29) is 11.8 Å². The number of hydrogen-bond acceptors (Lipinski definition) is 4. The van der Waals surface area contributed by atoms with Crippen molar-refractivity contribution in [1.82, 2.24) is 19.7 Å². The summed E-state index contributed by atoms with van der Waals surface area (Å²) >= 11 is 0. The molecule has 2 aliphatic heterocycles. The van der Waals surface area contributed by atoms with Crippen LogP contribution in [0.2, 0.25) is 0 Å². The highest BCUT2D eigenvalue weighted by Gasteiger charge is 2.43. The first kappa shape index (κ1) is 15.3. The maximum Gasteiger partial charge on any atom is 0.231 e. The van der Waals surface area contributed by atoms with Gasteiger partial charge >= 0.3 is 0 Å². The number of hydrogen-bond donors (Lipinski definition) is 0.